The van der Waals surface area contributed by atoms with E-state index in [4.69, 9.17) is 39.8 Å². The molecule has 3 atom stereocenters. The molecule has 1 aromatic rings. The van der Waals surface area contributed by atoms with E-state index in [2.05, 4.69) is 0 Å². The van der Waals surface area contributed by atoms with Crippen molar-refractivity contribution in [3.8, 4) is 0 Å². The van der Waals surface area contributed by atoms with Gasteiger partial charge >= 0.3 is 43.5 Å². The molecule has 0 aliphatic heterocycles. The fraction of sp³-hybridized carbons (Fsp3) is 0.857. The van der Waals surface area contributed by atoms with Crippen molar-refractivity contribution in [2.24, 2.45) is 0 Å². The minimum atomic E-state index is -3.26. The summed E-state index contributed by atoms with van der Waals surface area (Å²) in [6.07, 6.45) is 0. The molecule has 0 spiro atoms. The van der Waals surface area contributed by atoms with Gasteiger partial charge in [0.25, 0.3) is 0 Å². The zero-order valence-corrected chi connectivity index (χ0v) is 28.1. The Labute approximate surface area is 232 Å². The lowest BCUT2D eigenvalue weighted by Gasteiger charge is -2.32. The van der Waals surface area contributed by atoms with Crippen LogP contribution in [0.25, 0.3) is 0 Å². The van der Waals surface area contributed by atoms with Crippen molar-refractivity contribution in [1.82, 2.24) is 13.7 Å². The van der Waals surface area contributed by atoms with Crippen molar-refractivity contribution in [2.45, 2.75) is 57.0 Å². The van der Waals surface area contributed by atoms with Crippen molar-refractivity contribution in [3.05, 3.63) is 31.5 Å². The third-order valence-electron chi connectivity index (χ3n) is 7.13. The van der Waals surface area contributed by atoms with Gasteiger partial charge in [-0.15, -0.1) is 0 Å². The first-order valence-corrected chi connectivity index (χ1v) is 17.6. The summed E-state index contributed by atoms with van der Waals surface area (Å²) < 4.78 is 52.9. The predicted octanol–water partition coefficient (Wildman–Crippen LogP) is -0.0237. The summed E-state index contributed by atoms with van der Waals surface area (Å²) in [6, 6.07) is 0. The van der Waals surface area contributed by atoms with Gasteiger partial charge in [-0.05, 0) is 0 Å². The third-order valence-corrected chi connectivity index (χ3v) is 16.4. The molecule has 1 aromatic heterocycles. The third kappa shape index (κ3) is 6.96. The highest BCUT2D eigenvalue weighted by atomic mass is 28.4. The lowest BCUT2D eigenvalue weighted by atomic mass is 10.4. The molecule has 1 rings (SSSR count). The maximum absolute atomic E-state index is 13.7. The first-order valence-electron chi connectivity index (χ1n) is 12.2. The fourth-order valence-corrected chi connectivity index (χ4v) is 11.2. The second kappa shape index (κ2) is 15.1. The Bertz CT molecular complexity index is 894. The molecule has 0 radical (unpaired) electrons. The molecule has 18 heteroatoms. The van der Waals surface area contributed by atoms with Crippen LogP contribution in [-0.4, -0.2) is 104 Å². The highest BCUT2D eigenvalue weighted by Crippen LogP contribution is 2.27. The molecule has 0 aliphatic carbocycles. The largest absolute Gasteiger partial charge is 0.504 e. The van der Waals surface area contributed by atoms with Crippen LogP contribution in [0.3, 0.4) is 0 Å². The number of hydrogen-bond acceptors (Lipinski definition) is 12. The summed E-state index contributed by atoms with van der Waals surface area (Å²) in [5, 5.41) is 0. The van der Waals surface area contributed by atoms with Crippen molar-refractivity contribution in [1.29, 1.82) is 0 Å². The maximum Gasteiger partial charge on any atom is 0.504 e. The second-order valence-corrected chi connectivity index (χ2v) is 19.3. The van der Waals surface area contributed by atoms with E-state index in [1.165, 1.54) is 64.0 Å². The van der Waals surface area contributed by atoms with Crippen molar-refractivity contribution in [3.63, 3.8) is 0 Å². The molecule has 228 valence electrons. The molecule has 0 amide bonds. The van der Waals surface area contributed by atoms with E-state index < -0.39 is 60.1 Å². The Morgan fingerprint density at radius 2 is 0.590 bits per heavy atom. The highest BCUT2D eigenvalue weighted by molar-refractivity contribution is 6.62. The second-order valence-electron chi connectivity index (χ2n) is 9.03. The van der Waals surface area contributed by atoms with Crippen LogP contribution in [0.15, 0.2) is 14.4 Å². The van der Waals surface area contributed by atoms with Gasteiger partial charge in [-0.3, -0.25) is 0 Å². The van der Waals surface area contributed by atoms with E-state index in [-0.39, 0.29) is 19.6 Å². The molecule has 15 nitrogen and oxygen atoms in total. The summed E-state index contributed by atoms with van der Waals surface area (Å²) in [5.74, 6) is 0. The quantitative estimate of drug-likeness (QED) is 0.204. The number of nitrogens with zero attached hydrogens (tertiary/aromatic N) is 3. The van der Waals surface area contributed by atoms with Gasteiger partial charge in [0.2, 0.25) is 0 Å². The first kappa shape index (κ1) is 35.7. The van der Waals surface area contributed by atoms with Gasteiger partial charge in [0.05, 0.1) is 0 Å². The Morgan fingerprint density at radius 1 is 0.436 bits per heavy atom. The lowest BCUT2D eigenvalue weighted by molar-refractivity contribution is 0.108. The molecule has 0 aliphatic rings. The Hall–Kier alpha value is -1.30. The van der Waals surface area contributed by atoms with Gasteiger partial charge in [-0.2, -0.15) is 0 Å². The molecule has 1 heterocycles. The number of rotatable bonds is 18. The molecule has 0 bridgehead atoms. The van der Waals surface area contributed by atoms with Crippen LogP contribution in [0, 0.1) is 0 Å². The van der Waals surface area contributed by atoms with Crippen LogP contribution in [0.1, 0.15) is 20.8 Å². The van der Waals surface area contributed by atoms with Crippen molar-refractivity contribution in [2.75, 3.05) is 64.0 Å². The monoisotopic (exact) mass is 615 g/mol. The molecule has 0 aromatic carbocycles. The van der Waals surface area contributed by atoms with E-state index in [1.54, 1.807) is 20.8 Å². The zero-order chi connectivity index (χ0) is 30.2. The topological polar surface area (TPSA) is 149 Å². The van der Waals surface area contributed by atoms with Crippen LogP contribution in [-0.2, 0) is 59.5 Å². The standard InChI is InChI=1S/C21H45N3O12Si3/c1-16(37(28-4,29-5)30-6)13-22-19(25)23(14-17(2)38(31-7,32-8)33-9)21(27)24(20(22)26)15-18(3)39(34-10,35-11)36-12/h16-18H,13-15H2,1-12H3. The summed E-state index contributed by atoms with van der Waals surface area (Å²) >= 11 is 0. The molecular weight excluding hydrogens is 570 g/mol. The van der Waals surface area contributed by atoms with Crippen molar-refractivity contribution >= 4 is 26.4 Å². The number of hydrogen-bond donors (Lipinski definition) is 0. The van der Waals surface area contributed by atoms with Crippen LogP contribution in [0.4, 0.5) is 0 Å². The molecule has 0 N–H and O–H groups in total. The van der Waals surface area contributed by atoms with E-state index in [0.29, 0.717) is 0 Å². The molecule has 0 saturated heterocycles. The smallest absolute Gasteiger partial charge is 0.377 e. The van der Waals surface area contributed by atoms with Crippen LogP contribution < -0.4 is 17.1 Å². The Balaban J connectivity index is 3.89. The summed E-state index contributed by atoms with van der Waals surface area (Å²) in [4.78, 5) is 41.1. The molecule has 3 unspecified atom stereocenters. The van der Waals surface area contributed by atoms with Crippen LogP contribution in [0.5, 0.6) is 0 Å². The zero-order valence-electron chi connectivity index (χ0n) is 25.1. The minimum Gasteiger partial charge on any atom is -0.377 e. The normalized spacial score (nSPS) is 15.4. The van der Waals surface area contributed by atoms with E-state index in [9.17, 15) is 14.4 Å². The predicted molar refractivity (Wildman–Crippen MR) is 148 cm³/mol. The summed E-state index contributed by atoms with van der Waals surface area (Å²) in [5.41, 5.74) is -3.98. The van der Waals surface area contributed by atoms with E-state index >= 15 is 0 Å². The molecule has 39 heavy (non-hydrogen) atoms. The van der Waals surface area contributed by atoms with Crippen LogP contribution in [0.2, 0.25) is 16.6 Å². The van der Waals surface area contributed by atoms with Crippen LogP contribution >= 0.6 is 0 Å². The first-order chi connectivity index (χ1) is 18.3. The molecule has 0 saturated carbocycles. The Morgan fingerprint density at radius 3 is 0.718 bits per heavy atom. The minimum absolute atomic E-state index is 0.134. The van der Waals surface area contributed by atoms with Gasteiger partial charge in [0, 0.05) is 100 Å². The van der Waals surface area contributed by atoms with Gasteiger partial charge in [0.15, 0.2) is 0 Å². The summed E-state index contributed by atoms with van der Waals surface area (Å²) in [6.45, 7) is 4.84. The summed E-state index contributed by atoms with van der Waals surface area (Å²) in [7, 11) is 3.19. The average molecular weight is 616 g/mol. The highest BCUT2D eigenvalue weighted by Gasteiger charge is 2.48. The average Bonchev–Trinajstić information content (AvgIpc) is 2.95. The molecule has 0 fully saturated rings. The lowest BCUT2D eigenvalue weighted by Crippen LogP contribution is -2.59. The SMILES string of the molecule is CO[Si](OC)(OC)C(C)Cn1c(=O)n(CC(C)[Si](OC)(OC)OC)c(=O)n(CC(C)[Si](OC)(OC)OC)c1=O. The number of aromatic nitrogens is 3. The maximum atomic E-state index is 13.7. The van der Waals surface area contributed by atoms with Crippen molar-refractivity contribution < 1.29 is 39.8 Å². The van der Waals surface area contributed by atoms with E-state index in [1.807, 2.05) is 0 Å². The van der Waals surface area contributed by atoms with Gasteiger partial charge in [0.1, 0.15) is 0 Å². The van der Waals surface area contributed by atoms with Gasteiger partial charge in [-0.25, -0.2) is 28.1 Å². The van der Waals surface area contributed by atoms with Gasteiger partial charge in [-0.1, -0.05) is 20.8 Å². The molecular formula is C21H45N3O12Si3. The van der Waals surface area contributed by atoms with E-state index in [0.717, 1.165) is 13.7 Å². The van der Waals surface area contributed by atoms with Gasteiger partial charge < -0.3 is 39.8 Å². The Kier molecular flexibility index (Phi) is 13.8. The fourth-order valence-electron chi connectivity index (χ4n) is 4.87.